The molecule has 2 aromatic rings. The van der Waals surface area contributed by atoms with Crippen molar-refractivity contribution in [3.8, 4) is 0 Å². The minimum Gasteiger partial charge on any atom is -0.351 e. The molecular formula is C29H38F3N3O4S2. The minimum atomic E-state index is -4.60. The number of alkyl halides is 3. The molecule has 0 aromatic heterocycles. The zero-order valence-corrected chi connectivity index (χ0v) is 25.5. The highest BCUT2D eigenvalue weighted by Gasteiger charge is 2.37. The molecular weight excluding hydrogens is 575 g/mol. The Bertz CT molecular complexity index is 1320. The van der Waals surface area contributed by atoms with Gasteiger partial charge in [0.2, 0.25) is 5.91 Å². The summed E-state index contributed by atoms with van der Waals surface area (Å²) >= 11 is 1.52. The van der Waals surface area contributed by atoms with Gasteiger partial charge in [-0.05, 0) is 102 Å². The number of nitrogens with zero attached hydrogens (tertiary/aromatic N) is 1. The van der Waals surface area contributed by atoms with Gasteiger partial charge < -0.3 is 15.5 Å². The van der Waals surface area contributed by atoms with Gasteiger partial charge in [0.05, 0.1) is 16.2 Å². The lowest BCUT2D eigenvalue weighted by Gasteiger charge is -2.42. The number of benzene rings is 2. The molecule has 0 spiro atoms. The SMILES string of the molecule is CSc1ccc(S(=O)(=O)C[C@@H]2C[C@H](N(C)C(C)C)CC[C@@H]2NC(=O)[C@@H](C)NC(=O)c2cccc(C(F)(F)F)c2)cc1. The fourth-order valence-corrected chi connectivity index (χ4v) is 7.14. The predicted octanol–water partition coefficient (Wildman–Crippen LogP) is 5.01. The van der Waals surface area contributed by atoms with E-state index in [0.29, 0.717) is 12.8 Å². The average molecular weight is 614 g/mol. The Kier molecular flexibility index (Phi) is 10.9. The molecule has 4 atom stereocenters. The lowest BCUT2D eigenvalue weighted by Crippen LogP contribution is -2.54. The van der Waals surface area contributed by atoms with Gasteiger partial charge in [0.15, 0.2) is 9.84 Å². The van der Waals surface area contributed by atoms with Crippen molar-refractivity contribution in [1.29, 1.82) is 0 Å². The number of carbonyl (C=O) groups is 2. The van der Waals surface area contributed by atoms with Gasteiger partial charge in [-0.15, -0.1) is 11.8 Å². The molecule has 3 rings (SSSR count). The highest BCUT2D eigenvalue weighted by Crippen LogP contribution is 2.32. The maximum atomic E-state index is 13.4. The number of hydrogen-bond donors (Lipinski definition) is 2. The number of sulfone groups is 1. The fourth-order valence-electron chi connectivity index (χ4n) is 5.06. The van der Waals surface area contributed by atoms with E-state index in [1.165, 1.54) is 24.8 Å². The standard InChI is InChI=1S/C29H38F3N3O4S2/c1-18(2)35(4)23-9-14-26(21(16-23)17-41(38,39)25-12-10-24(40-5)11-13-25)34-27(36)19(3)33-28(37)20-7-6-8-22(15-20)29(30,31)32/h6-8,10-13,15,18-19,21,23,26H,9,14,16-17H2,1-5H3,(H,33,37)(H,34,36)/t19-,21+,23-,26+/m1/s1. The monoisotopic (exact) mass is 613 g/mol. The smallest absolute Gasteiger partial charge is 0.351 e. The van der Waals surface area contributed by atoms with Crippen molar-refractivity contribution in [2.24, 2.45) is 5.92 Å². The summed E-state index contributed by atoms with van der Waals surface area (Å²) in [7, 11) is -1.65. The minimum absolute atomic E-state index is 0.139. The molecule has 0 aliphatic heterocycles. The van der Waals surface area contributed by atoms with E-state index in [4.69, 9.17) is 0 Å². The van der Waals surface area contributed by atoms with E-state index < -0.39 is 45.5 Å². The number of amides is 2. The van der Waals surface area contributed by atoms with E-state index >= 15 is 0 Å². The molecule has 0 bridgehead atoms. The second kappa shape index (κ2) is 13.6. The van der Waals surface area contributed by atoms with Crippen LogP contribution in [0.2, 0.25) is 0 Å². The van der Waals surface area contributed by atoms with Gasteiger partial charge >= 0.3 is 6.18 Å². The number of carbonyl (C=O) groups excluding carboxylic acids is 2. The summed E-state index contributed by atoms with van der Waals surface area (Å²) < 4.78 is 66.0. The predicted molar refractivity (Wildman–Crippen MR) is 155 cm³/mol. The Hall–Kier alpha value is -2.57. The zero-order chi connectivity index (χ0) is 30.5. The summed E-state index contributed by atoms with van der Waals surface area (Å²) in [5, 5.41) is 5.38. The summed E-state index contributed by atoms with van der Waals surface area (Å²) in [6.07, 6.45) is -0.828. The third-order valence-corrected chi connectivity index (χ3v) is 10.3. The third kappa shape index (κ3) is 8.71. The molecule has 1 aliphatic carbocycles. The molecule has 1 fully saturated rings. The van der Waals surface area contributed by atoms with Gasteiger partial charge in [0.1, 0.15) is 6.04 Å². The molecule has 41 heavy (non-hydrogen) atoms. The molecule has 0 radical (unpaired) electrons. The largest absolute Gasteiger partial charge is 0.416 e. The first kappa shape index (κ1) is 32.9. The quantitative estimate of drug-likeness (QED) is 0.366. The first-order valence-corrected chi connectivity index (χ1v) is 16.4. The van der Waals surface area contributed by atoms with Gasteiger partial charge in [-0.2, -0.15) is 13.2 Å². The second-order valence-corrected chi connectivity index (χ2v) is 13.7. The lowest BCUT2D eigenvalue weighted by atomic mass is 9.81. The van der Waals surface area contributed by atoms with E-state index in [1.54, 1.807) is 24.3 Å². The Balaban J connectivity index is 1.74. The first-order valence-electron chi connectivity index (χ1n) is 13.5. The molecule has 2 aromatic carbocycles. The van der Waals surface area contributed by atoms with Crippen LogP contribution in [0.1, 0.15) is 56.0 Å². The topological polar surface area (TPSA) is 95.6 Å². The normalized spacial score (nSPS) is 20.6. The van der Waals surface area contributed by atoms with Crippen LogP contribution in [0.5, 0.6) is 0 Å². The molecule has 0 unspecified atom stereocenters. The maximum absolute atomic E-state index is 13.4. The van der Waals surface area contributed by atoms with Crippen LogP contribution in [0.4, 0.5) is 13.2 Å². The van der Waals surface area contributed by atoms with E-state index in [2.05, 4.69) is 29.4 Å². The van der Waals surface area contributed by atoms with Crippen LogP contribution >= 0.6 is 11.8 Å². The average Bonchev–Trinajstić information content (AvgIpc) is 2.92. The van der Waals surface area contributed by atoms with Gasteiger partial charge in [-0.3, -0.25) is 9.59 Å². The van der Waals surface area contributed by atoms with Gasteiger partial charge in [0, 0.05) is 28.6 Å². The van der Waals surface area contributed by atoms with Crippen molar-refractivity contribution in [2.45, 2.75) is 80.2 Å². The molecule has 226 valence electrons. The Morgan fingerprint density at radius 2 is 1.73 bits per heavy atom. The van der Waals surface area contributed by atoms with E-state index in [-0.39, 0.29) is 34.2 Å². The molecule has 7 nitrogen and oxygen atoms in total. The van der Waals surface area contributed by atoms with Gasteiger partial charge in [-0.25, -0.2) is 8.42 Å². The van der Waals surface area contributed by atoms with Crippen molar-refractivity contribution in [1.82, 2.24) is 15.5 Å². The molecule has 0 heterocycles. The van der Waals surface area contributed by atoms with E-state index in [9.17, 15) is 31.2 Å². The van der Waals surface area contributed by atoms with Crippen LogP contribution in [-0.2, 0) is 20.8 Å². The van der Waals surface area contributed by atoms with Crippen molar-refractivity contribution in [2.75, 3.05) is 19.1 Å². The van der Waals surface area contributed by atoms with Gasteiger partial charge in [-0.1, -0.05) is 6.07 Å². The third-order valence-electron chi connectivity index (χ3n) is 7.72. The number of rotatable bonds is 10. The van der Waals surface area contributed by atoms with E-state index in [0.717, 1.165) is 29.5 Å². The second-order valence-electron chi connectivity index (χ2n) is 10.8. The van der Waals surface area contributed by atoms with Crippen LogP contribution in [0, 0.1) is 5.92 Å². The van der Waals surface area contributed by atoms with Crippen molar-refractivity contribution >= 4 is 33.4 Å². The molecule has 2 N–H and O–H groups in total. The zero-order valence-electron chi connectivity index (χ0n) is 23.9. The lowest BCUT2D eigenvalue weighted by molar-refractivity contribution is -0.137. The van der Waals surface area contributed by atoms with Crippen molar-refractivity contribution in [3.05, 3.63) is 59.7 Å². The molecule has 1 saturated carbocycles. The number of nitrogens with one attached hydrogen (secondary N) is 2. The number of thioether (sulfide) groups is 1. The highest BCUT2D eigenvalue weighted by atomic mass is 32.2. The Labute approximate surface area is 244 Å². The van der Waals surface area contributed by atoms with Crippen molar-refractivity contribution < 1.29 is 31.2 Å². The summed E-state index contributed by atoms with van der Waals surface area (Å²) in [6, 6.07) is 9.60. The summed E-state index contributed by atoms with van der Waals surface area (Å²) in [5.41, 5.74) is -1.18. The molecule has 1 aliphatic rings. The Morgan fingerprint density at radius 1 is 1.07 bits per heavy atom. The van der Waals surface area contributed by atoms with Crippen LogP contribution in [-0.4, -0.2) is 68.4 Å². The van der Waals surface area contributed by atoms with Crippen LogP contribution < -0.4 is 10.6 Å². The van der Waals surface area contributed by atoms with Crippen LogP contribution in [0.25, 0.3) is 0 Å². The molecule has 12 heteroatoms. The number of halogens is 3. The first-order chi connectivity index (χ1) is 19.1. The Morgan fingerprint density at radius 3 is 2.32 bits per heavy atom. The summed E-state index contributed by atoms with van der Waals surface area (Å²) in [4.78, 5) is 29.1. The van der Waals surface area contributed by atoms with E-state index in [1.807, 2.05) is 13.3 Å². The summed E-state index contributed by atoms with van der Waals surface area (Å²) in [5.74, 6) is -1.87. The van der Waals surface area contributed by atoms with Crippen LogP contribution in [0.3, 0.4) is 0 Å². The van der Waals surface area contributed by atoms with Gasteiger partial charge in [0.25, 0.3) is 5.91 Å². The van der Waals surface area contributed by atoms with Crippen LogP contribution in [0.15, 0.2) is 58.3 Å². The maximum Gasteiger partial charge on any atom is 0.416 e. The number of hydrogen-bond acceptors (Lipinski definition) is 6. The van der Waals surface area contributed by atoms with Crippen molar-refractivity contribution in [3.63, 3.8) is 0 Å². The molecule has 2 amide bonds. The highest BCUT2D eigenvalue weighted by molar-refractivity contribution is 7.98. The fraction of sp³-hybridized carbons (Fsp3) is 0.517. The molecule has 0 saturated heterocycles. The summed E-state index contributed by atoms with van der Waals surface area (Å²) in [6.45, 7) is 5.58.